The van der Waals surface area contributed by atoms with Crippen LogP contribution in [0.3, 0.4) is 0 Å². The zero-order chi connectivity index (χ0) is 21.5. The van der Waals surface area contributed by atoms with Crippen LogP contribution in [0.25, 0.3) is 0 Å². The molecule has 0 aromatic heterocycles. The first kappa shape index (κ1) is 21.8. The number of rotatable bonds is 8. The van der Waals surface area contributed by atoms with Crippen molar-refractivity contribution in [3.8, 4) is 5.75 Å². The lowest BCUT2D eigenvalue weighted by Gasteiger charge is -2.19. The first-order chi connectivity index (χ1) is 14.5. The molecule has 1 heterocycles. The van der Waals surface area contributed by atoms with Gasteiger partial charge in [0, 0.05) is 39.0 Å². The third-order valence-electron chi connectivity index (χ3n) is 5.66. The van der Waals surface area contributed by atoms with E-state index in [4.69, 9.17) is 4.74 Å². The van der Waals surface area contributed by atoms with Crippen molar-refractivity contribution in [3.63, 3.8) is 0 Å². The highest BCUT2D eigenvalue weighted by molar-refractivity contribution is 5.80. The quantitative estimate of drug-likeness (QED) is 0.702. The number of likely N-dealkylation sites (N-methyl/N-ethyl adjacent to an activating group) is 1. The SMILES string of the molecule is COc1ccc(CCNC(=O)[C@@H]2CN(C)C[C@@H]2c2ccc(CNC(C)=O)cc2)cc1. The Morgan fingerprint density at radius 2 is 1.67 bits per heavy atom. The summed E-state index contributed by atoms with van der Waals surface area (Å²) in [6.45, 7) is 4.28. The summed E-state index contributed by atoms with van der Waals surface area (Å²) >= 11 is 0. The average Bonchev–Trinajstić information content (AvgIpc) is 3.15. The first-order valence-corrected chi connectivity index (χ1v) is 10.4. The maximum Gasteiger partial charge on any atom is 0.225 e. The van der Waals surface area contributed by atoms with E-state index < -0.39 is 0 Å². The molecule has 1 aliphatic heterocycles. The van der Waals surface area contributed by atoms with Crippen molar-refractivity contribution in [2.45, 2.75) is 25.8 Å². The van der Waals surface area contributed by atoms with Gasteiger partial charge in [0.2, 0.25) is 11.8 Å². The van der Waals surface area contributed by atoms with Crippen LogP contribution in [0.1, 0.15) is 29.5 Å². The summed E-state index contributed by atoms with van der Waals surface area (Å²) in [6, 6.07) is 16.2. The Morgan fingerprint density at radius 1 is 1.00 bits per heavy atom. The van der Waals surface area contributed by atoms with Gasteiger partial charge in [-0.3, -0.25) is 9.59 Å². The highest BCUT2D eigenvalue weighted by atomic mass is 16.5. The zero-order valence-corrected chi connectivity index (χ0v) is 18.0. The highest BCUT2D eigenvalue weighted by Gasteiger charge is 2.36. The molecule has 2 amide bonds. The number of methoxy groups -OCH3 is 1. The molecular weight excluding hydrogens is 378 g/mol. The fourth-order valence-corrected chi connectivity index (χ4v) is 3.97. The van der Waals surface area contributed by atoms with Crippen molar-refractivity contribution in [2.75, 3.05) is 33.8 Å². The molecule has 0 spiro atoms. The maximum absolute atomic E-state index is 12.9. The molecule has 0 unspecified atom stereocenters. The van der Waals surface area contributed by atoms with Crippen LogP contribution in [0.15, 0.2) is 48.5 Å². The van der Waals surface area contributed by atoms with Gasteiger partial charge in [0.15, 0.2) is 0 Å². The Balaban J connectivity index is 1.56. The second kappa shape index (κ2) is 10.3. The summed E-state index contributed by atoms with van der Waals surface area (Å²) in [5, 5.41) is 5.93. The minimum Gasteiger partial charge on any atom is -0.497 e. The maximum atomic E-state index is 12.9. The Morgan fingerprint density at radius 3 is 2.30 bits per heavy atom. The van der Waals surface area contributed by atoms with E-state index in [1.807, 2.05) is 36.4 Å². The second-order valence-electron chi connectivity index (χ2n) is 7.97. The third-order valence-corrected chi connectivity index (χ3v) is 5.66. The number of benzene rings is 2. The number of nitrogens with zero attached hydrogens (tertiary/aromatic N) is 1. The summed E-state index contributed by atoms with van der Waals surface area (Å²) in [5.41, 5.74) is 3.40. The normalized spacial score (nSPS) is 18.8. The lowest BCUT2D eigenvalue weighted by Crippen LogP contribution is -2.35. The van der Waals surface area contributed by atoms with Crippen LogP contribution < -0.4 is 15.4 Å². The van der Waals surface area contributed by atoms with E-state index in [1.54, 1.807) is 7.11 Å². The number of hydrogen-bond donors (Lipinski definition) is 2. The Labute approximate surface area is 178 Å². The van der Waals surface area contributed by atoms with Crippen LogP contribution in [-0.4, -0.2) is 50.5 Å². The minimum atomic E-state index is -0.0629. The van der Waals surface area contributed by atoms with Crippen LogP contribution in [0.5, 0.6) is 5.75 Å². The summed E-state index contributed by atoms with van der Waals surface area (Å²) < 4.78 is 5.18. The van der Waals surface area contributed by atoms with Gasteiger partial charge in [-0.05, 0) is 42.3 Å². The molecular formula is C24H31N3O3. The largest absolute Gasteiger partial charge is 0.497 e. The number of ether oxygens (including phenoxy) is 1. The molecule has 2 N–H and O–H groups in total. The number of hydrogen-bond acceptors (Lipinski definition) is 4. The van der Waals surface area contributed by atoms with E-state index in [2.05, 4.69) is 34.7 Å². The van der Waals surface area contributed by atoms with Gasteiger partial charge in [-0.2, -0.15) is 0 Å². The van der Waals surface area contributed by atoms with Crippen LogP contribution >= 0.6 is 0 Å². The molecule has 160 valence electrons. The molecule has 0 aliphatic carbocycles. The molecule has 0 radical (unpaired) electrons. The Bertz CT molecular complexity index is 849. The van der Waals surface area contributed by atoms with Crippen LogP contribution in [0.2, 0.25) is 0 Å². The first-order valence-electron chi connectivity index (χ1n) is 10.4. The van der Waals surface area contributed by atoms with Gasteiger partial charge in [-0.25, -0.2) is 0 Å². The molecule has 1 saturated heterocycles. The average molecular weight is 410 g/mol. The van der Waals surface area contributed by atoms with Gasteiger partial charge in [-0.1, -0.05) is 36.4 Å². The number of carbonyl (C=O) groups excluding carboxylic acids is 2. The van der Waals surface area contributed by atoms with E-state index in [9.17, 15) is 9.59 Å². The molecule has 0 bridgehead atoms. The van der Waals surface area contributed by atoms with Crippen molar-refractivity contribution in [2.24, 2.45) is 5.92 Å². The molecule has 2 aromatic carbocycles. The van der Waals surface area contributed by atoms with Gasteiger partial charge in [-0.15, -0.1) is 0 Å². The monoisotopic (exact) mass is 409 g/mol. The van der Waals surface area contributed by atoms with Crippen molar-refractivity contribution in [1.82, 2.24) is 15.5 Å². The van der Waals surface area contributed by atoms with Crippen molar-refractivity contribution < 1.29 is 14.3 Å². The van der Waals surface area contributed by atoms with E-state index in [0.29, 0.717) is 13.1 Å². The van der Waals surface area contributed by atoms with Crippen molar-refractivity contribution in [1.29, 1.82) is 0 Å². The minimum absolute atomic E-state index is 0.0390. The van der Waals surface area contributed by atoms with E-state index in [0.717, 1.165) is 30.8 Å². The second-order valence-corrected chi connectivity index (χ2v) is 7.97. The Kier molecular flexibility index (Phi) is 7.46. The van der Waals surface area contributed by atoms with Gasteiger partial charge in [0.05, 0.1) is 13.0 Å². The third kappa shape index (κ3) is 5.83. The van der Waals surface area contributed by atoms with Gasteiger partial charge in [0.1, 0.15) is 5.75 Å². The smallest absolute Gasteiger partial charge is 0.225 e. The highest BCUT2D eigenvalue weighted by Crippen LogP contribution is 2.32. The standard InChI is InChI=1S/C24H31N3O3/c1-17(28)26-14-19-4-8-20(9-5-19)22-15-27(2)16-23(22)24(29)25-13-12-18-6-10-21(30-3)11-7-18/h4-11,22-23H,12-16H2,1-3H3,(H,25,29)(H,26,28)/t22-,23-/m1/s1. The molecule has 1 aliphatic rings. The number of amides is 2. The molecule has 1 fully saturated rings. The van der Waals surface area contributed by atoms with E-state index in [1.165, 1.54) is 18.1 Å². The molecule has 3 rings (SSSR count). The summed E-state index contributed by atoms with van der Waals surface area (Å²) in [6.07, 6.45) is 0.792. The number of likely N-dealkylation sites (tertiary alicyclic amines) is 1. The molecule has 6 heteroatoms. The Hall–Kier alpha value is -2.86. The summed E-state index contributed by atoms with van der Waals surface area (Å²) in [7, 11) is 3.71. The number of nitrogens with one attached hydrogen (secondary N) is 2. The molecule has 0 saturated carbocycles. The fourth-order valence-electron chi connectivity index (χ4n) is 3.97. The molecule has 2 aromatic rings. The van der Waals surface area contributed by atoms with Crippen LogP contribution in [0.4, 0.5) is 0 Å². The van der Waals surface area contributed by atoms with Crippen molar-refractivity contribution >= 4 is 11.8 Å². The van der Waals surface area contributed by atoms with Gasteiger partial charge >= 0.3 is 0 Å². The lowest BCUT2D eigenvalue weighted by molar-refractivity contribution is -0.125. The molecule has 6 nitrogen and oxygen atoms in total. The predicted molar refractivity (Wildman–Crippen MR) is 117 cm³/mol. The summed E-state index contributed by atoms with van der Waals surface area (Å²) in [4.78, 5) is 26.2. The fraction of sp³-hybridized carbons (Fsp3) is 0.417. The van der Waals surface area contributed by atoms with Gasteiger partial charge in [0.25, 0.3) is 0 Å². The summed E-state index contributed by atoms with van der Waals surface area (Å²) in [5.74, 6) is 1.02. The topological polar surface area (TPSA) is 70.7 Å². The molecule has 30 heavy (non-hydrogen) atoms. The zero-order valence-electron chi connectivity index (χ0n) is 18.0. The van der Waals surface area contributed by atoms with Gasteiger partial charge < -0.3 is 20.3 Å². The van der Waals surface area contributed by atoms with E-state index >= 15 is 0 Å². The van der Waals surface area contributed by atoms with Crippen LogP contribution in [-0.2, 0) is 22.6 Å². The van der Waals surface area contributed by atoms with Crippen LogP contribution in [0, 0.1) is 5.92 Å². The van der Waals surface area contributed by atoms with Crippen molar-refractivity contribution in [3.05, 3.63) is 65.2 Å². The van der Waals surface area contributed by atoms with E-state index in [-0.39, 0.29) is 23.7 Å². The predicted octanol–water partition coefficient (Wildman–Crippen LogP) is 2.34. The number of carbonyl (C=O) groups is 2. The molecule has 2 atom stereocenters. The lowest BCUT2D eigenvalue weighted by atomic mass is 9.88.